The van der Waals surface area contributed by atoms with Crippen LogP contribution in [0.1, 0.15) is 16.1 Å². The van der Waals surface area contributed by atoms with Crippen LogP contribution >= 0.6 is 0 Å². The first-order valence-corrected chi connectivity index (χ1v) is 5.45. The molecule has 0 bridgehead atoms. The van der Waals surface area contributed by atoms with Crippen molar-refractivity contribution < 1.29 is 13.6 Å². The summed E-state index contributed by atoms with van der Waals surface area (Å²) in [6.07, 6.45) is 0. The van der Waals surface area contributed by atoms with E-state index in [2.05, 4.69) is 10.4 Å². The molecule has 5 nitrogen and oxygen atoms in total. The smallest absolute Gasteiger partial charge is 0.259 e. The lowest BCUT2D eigenvalue weighted by Crippen LogP contribution is -2.16. The number of nitrogen functional groups attached to an aromatic ring is 1. The fourth-order valence-corrected chi connectivity index (χ4v) is 1.67. The lowest BCUT2D eigenvalue weighted by molar-refractivity contribution is 0.102. The standard InChI is InChI=1S/C12H12F2N4O/c1-6-3-11(18(2)17-6)16-12(19)7-4-8(13)9(14)5-10(7)15/h3-5H,15H2,1-2H3,(H,16,19). The Morgan fingerprint density at radius 1 is 1.32 bits per heavy atom. The van der Waals surface area contributed by atoms with Crippen LogP contribution in [0.15, 0.2) is 18.2 Å². The molecule has 1 aromatic heterocycles. The van der Waals surface area contributed by atoms with E-state index in [4.69, 9.17) is 5.73 Å². The van der Waals surface area contributed by atoms with Crippen molar-refractivity contribution in [3.63, 3.8) is 0 Å². The summed E-state index contributed by atoms with van der Waals surface area (Å²) in [5, 5.41) is 6.58. The lowest BCUT2D eigenvalue weighted by atomic mass is 10.1. The van der Waals surface area contributed by atoms with Crippen LogP contribution in [0.2, 0.25) is 0 Å². The van der Waals surface area contributed by atoms with Gasteiger partial charge in [0, 0.05) is 24.9 Å². The first kappa shape index (κ1) is 13.0. The molecule has 3 N–H and O–H groups in total. The van der Waals surface area contributed by atoms with Crippen molar-refractivity contribution in [3.05, 3.63) is 41.1 Å². The lowest BCUT2D eigenvalue weighted by Gasteiger charge is -2.08. The molecule has 1 amide bonds. The van der Waals surface area contributed by atoms with Gasteiger partial charge in [-0.25, -0.2) is 8.78 Å². The predicted molar refractivity (Wildman–Crippen MR) is 66.7 cm³/mol. The zero-order valence-corrected chi connectivity index (χ0v) is 10.4. The van der Waals surface area contributed by atoms with Crippen LogP contribution in [-0.4, -0.2) is 15.7 Å². The highest BCUT2D eigenvalue weighted by molar-refractivity contribution is 6.07. The summed E-state index contributed by atoms with van der Waals surface area (Å²) >= 11 is 0. The number of halogens is 2. The molecule has 0 unspecified atom stereocenters. The van der Waals surface area contributed by atoms with Gasteiger partial charge < -0.3 is 11.1 Å². The van der Waals surface area contributed by atoms with E-state index in [1.165, 1.54) is 4.68 Å². The molecular formula is C12H12F2N4O. The number of hydrogen-bond donors (Lipinski definition) is 2. The Labute approximate surface area is 108 Å². The third-order valence-corrected chi connectivity index (χ3v) is 2.58. The molecule has 2 aromatic rings. The second kappa shape index (κ2) is 4.68. The maximum atomic E-state index is 13.1. The van der Waals surface area contributed by atoms with E-state index in [9.17, 15) is 13.6 Å². The third kappa shape index (κ3) is 2.54. The van der Waals surface area contributed by atoms with Crippen molar-refractivity contribution in [2.45, 2.75) is 6.92 Å². The zero-order chi connectivity index (χ0) is 14.2. The maximum Gasteiger partial charge on any atom is 0.259 e. The summed E-state index contributed by atoms with van der Waals surface area (Å²) in [7, 11) is 1.65. The first-order valence-electron chi connectivity index (χ1n) is 5.45. The number of amides is 1. The molecule has 0 aliphatic heterocycles. The Bertz CT molecular complexity index is 651. The minimum absolute atomic E-state index is 0.127. The van der Waals surface area contributed by atoms with Crippen molar-refractivity contribution in [1.29, 1.82) is 0 Å². The average molecular weight is 266 g/mol. The Kier molecular flexibility index (Phi) is 3.20. The van der Waals surface area contributed by atoms with Gasteiger partial charge in [-0.15, -0.1) is 0 Å². The van der Waals surface area contributed by atoms with E-state index >= 15 is 0 Å². The van der Waals surface area contributed by atoms with E-state index < -0.39 is 17.5 Å². The number of carbonyl (C=O) groups excluding carboxylic acids is 1. The van der Waals surface area contributed by atoms with Crippen molar-refractivity contribution in [2.24, 2.45) is 7.05 Å². The monoisotopic (exact) mass is 266 g/mol. The molecule has 0 spiro atoms. The largest absolute Gasteiger partial charge is 0.398 e. The van der Waals surface area contributed by atoms with Crippen molar-refractivity contribution in [2.75, 3.05) is 11.1 Å². The number of nitrogens with two attached hydrogens (primary N) is 1. The second-order valence-corrected chi connectivity index (χ2v) is 4.10. The van der Waals surface area contributed by atoms with Gasteiger partial charge in [0.1, 0.15) is 5.82 Å². The third-order valence-electron chi connectivity index (χ3n) is 2.58. The highest BCUT2D eigenvalue weighted by Crippen LogP contribution is 2.19. The molecule has 100 valence electrons. The van der Waals surface area contributed by atoms with Crippen LogP contribution in [0.4, 0.5) is 20.3 Å². The molecule has 7 heteroatoms. The Balaban J connectivity index is 2.30. The molecule has 1 aromatic carbocycles. The van der Waals surface area contributed by atoms with Gasteiger partial charge in [0.2, 0.25) is 0 Å². The molecule has 0 fully saturated rings. The minimum atomic E-state index is -1.12. The summed E-state index contributed by atoms with van der Waals surface area (Å²) < 4.78 is 27.5. The summed E-state index contributed by atoms with van der Waals surface area (Å²) in [6.45, 7) is 1.77. The van der Waals surface area contributed by atoms with Crippen LogP contribution < -0.4 is 11.1 Å². The average Bonchev–Trinajstić information content (AvgIpc) is 2.62. The molecule has 0 atom stereocenters. The molecule has 2 rings (SSSR count). The van der Waals surface area contributed by atoms with Gasteiger partial charge in [-0.3, -0.25) is 9.48 Å². The SMILES string of the molecule is Cc1cc(NC(=O)c2cc(F)c(F)cc2N)n(C)n1. The van der Waals surface area contributed by atoms with Crippen LogP contribution in [0, 0.1) is 18.6 Å². The number of benzene rings is 1. The van der Waals surface area contributed by atoms with Gasteiger partial charge in [-0.05, 0) is 13.0 Å². The number of nitrogens with one attached hydrogen (secondary N) is 1. The van der Waals surface area contributed by atoms with E-state index in [1.54, 1.807) is 20.0 Å². The number of rotatable bonds is 2. The van der Waals surface area contributed by atoms with Crippen LogP contribution in [0.3, 0.4) is 0 Å². The van der Waals surface area contributed by atoms with Crippen LogP contribution in [-0.2, 0) is 7.05 Å². The molecule has 0 aliphatic rings. The van der Waals surface area contributed by atoms with Crippen LogP contribution in [0.25, 0.3) is 0 Å². The van der Waals surface area contributed by atoms with Gasteiger partial charge in [0.25, 0.3) is 5.91 Å². The molecule has 19 heavy (non-hydrogen) atoms. The van der Waals surface area contributed by atoms with E-state index in [0.717, 1.165) is 17.8 Å². The predicted octanol–water partition coefficient (Wildman–Crippen LogP) is 1.84. The number of aromatic nitrogens is 2. The van der Waals surface area contributed by atoms with Gasteiger partial charge in [0.05, 0.1) is 11.3 Å². The highest BCUT2D eigenvalue weighted by atomic mass is 19.2. The fraction of sp³-hybridized carbons (Fsp3) is 0.167. The van der Waals surface area contributed by atoms with Crippen molar-refractivity contribution in [3.8, 4) is 0 Å². The number of hydrogen-bond acceptors (Lipinski definition) is 3. The zero-order valence-electron chi connectivity index (χ0n) is 10.4. The summed E-state index contributed by atoms with van der Waals surface area (Å²) in [4.78, 5) is 11.9. The van der Waals surface area contributed by atoms with Crippen molar-refractivity contribution in [1.82, 2.24) is 9.78 Å². The minimum Gasteiger partial charge on any atom is -0.398 e. The normalized spacial score (nSPS) is 10.5. The number of anilines is 2. The maximum absolute atomic E-state index is 13.1. The summed E-state index contributed by atoms with van der Waals surface area (Å²) in [5.74, 6) is -2.41. The number of nitrogens with zero attached hydrogens (tertiary/aromatic N) is 2. The van der Waals surface area contributed by atoms with Gasteiger partial charge in [-0.1, -0.05) is 0 Å². The van der Waals surface area contributed by atoms with Crippen molar-refractivity contribution >= 4 is 17.4 Å². The fourth-order valence-electron chi connectivity index (χ4n) is 1.67. The molecule has 0 radical (unpaired) electrons. The van der Waals surface area contributed by atoms with Gasteiger partial charge >= 0.3 is 0 Å². The van der Waals surface area contributed by atoms with E-state index in [1.807, 2.05) is 0 Å². The highest BCUT2D eigenvalue weighted by Gasteiger charge is 2.15. The summed E-state index contributed by atoms with van der Waals surface area (Å²) in [6, 6.07) is 3.19. The number of carbonyl (C=O) groups is 1. The quantitative estimate of drug-likeness (QED) is 0.815. The topological polar surface area (TPSA) is 72.9 Å². The Morgan fingerprint density at radius 3 is 2.53 bits per heavy atom. The van der Waals surface area contributed by atoms with Crippen LogP contribution in [0.5, 0.6) is 0 Å². The Hall–Kier alpha value is -2.44. The molecular weight excluding hydrogens is 254 g/mol. The van der Waals surface area contributed by atoms with Gasteiger partial charge in [-0.2, -0.15) is 5.10 Å². The second-order valence-electron chi connectivity index (χ2n) is 4.10. The molecule has 0 aliphatic carbocycles. The Morgan fingerprint density at radius 2 is 1.95 bits per heavy atom. The molecule has 1 heterocycles. The number of aryl methyl sites for hydroxylation is 2. The van der Waals surface area contributed by atoms with E-state index in [-0.39, 0.29) is 11.3 Å². The first-order chi connectivity index (χ1) is 8.88. The summed E-state index contributed by atoms with van der Waals surface area (Å²) in [5.41, 5.74) is 5.96. The van der Waals surface area contributed by atoms with E-state index in [0.29, 0.717) is 5.82 Å². The molecule has 0 saturated carbocycles. The van der Waals surface area contributed by atoms with Gasteiger partial charge in [0.15, 0.2) is 11.6 Å². The molecule has 0 saturated heterocycles.